The molecular weight excluding hydrogens is 374 g/mol. The van der Waals surface area contributed by atoms with Gasteiger partial charge in [0.1, 0.15) is 0 Å². The van der Waals surface area contributed by atoms with Gasteiger partial charge in [-0.3, -0.25) is 9.89 Å². The zero-order valence-electron chi connectivity index (χ0n) is 12.4. The molecule has 3 rings (SSSR count). The van der Waals surface area contributed by atoms with E-state index in [1.54, 1.807) is 0 Å². The summed E-state index contributed by atoms with van der Waals surface area (Å²) in [5.74, 6) is 0.768. The Bertz CT molecular complexity index is 802. The van der Waals surface area contributed by atoms with E-state index in [0.29, 0.717) is 16.5 Å². The number of H-pyrrole nitrogens is 1. The maximum Gasteiger partial charge on any atom is 0.209 e. The average Bonchev–Trinajstić information content (AvgIpc) is 3.04. The van der Waals surface area contributed by atoms with Gasteiger partial charge in [0.05, 0.1) is 5.25 Å². The molecule has 6 heteroatoms. The summed E-state index contributed by atoms with van der Waals surface area (Å²) in [4.78, 5) is 16.9. The van der Waals surface area contributed by atoms with Crippen molar-refractivity contribution in [2.45, 2.75) is 17.3 Å². The van der Waals surface area contributed by atoms with Gasteiger partial charge in [-0.05, 0) is 19.1 Å². The number of aromatic nitrogens is 3. The molecule has 0 fully saturated rings. The highest BCUT2D eigenvalue weighted by atomic mass is 79.9. The molecule has 1 aromatic heterocycles. The summed E-state index contributed by atoms with van der Waals surface area (Å²) in [6.45, 7) is 1.87. The summed E-state index contributed by atoms with van der Waals surface area (Å²) < 4.78 is 0.954. The van der Waals surface area contributed by atoms with Crippen molar-refractivity contribution in [1.82, 2.24) is 15.2 Å². The number of carbonyl (C=O) groups excluding carboxylic acids is 1. The lowest BCUT2D eigenvalue weighted by Crippen LogP contribution is -2.13. The molecule has 1 atom stereocenters. The number of halogens is 1. The number of hydrogen-bond acceptors (Lipinski definition) is 4. The number of nitrogens with zero attached hydrogens (tertiary/aromatic N) is 2. The van der Waals surface area contributed by atoms with Crippen LogP contribution in [0.15, 0.2) is 64.2 Å². The Labute approximate surface area is 146 Å². The van der Waals surface area contributed by atoms with Gasteiger partial charge in [0, 0.05) is 15.6 Å². The fraction of sp³-hybridized carbons (Fsp3) is 0.118. The van der Waals surface area contributed by atoms with Crippen molar-refractivity contribution < 1.29 is 4.79 Å². The smallest absolute Gasteiger partial charge is 0.209 e. The molecule has 0 bridgehead atoms. The first-order valence-corrected chi connectivity index (χ1v) is 8.75. The van der Waals surface area contributed by atoms with Crippen molar-refractivity contribution >= 4 is 33.5 Å². The van der Waals surface area contributed by atoms with E-state index in [1.165, 1.54) is 11.8 Å². The van der Waals surface area contributed by atoms with Crippen LogP contribution in [-0.4, -0.2) is 26.2 Å². The number of ketones is 1. The molecule has 2 aromatic carbocycles. The van der Waals surface area contributed by atoms with Crippen molar-refractivity contribution in [2.24, 2.45) is 0 Å². The van der Waals surface area contributed by atoms with Crippen molar-refractivity contribution in [3.8, 4) is 11.4 Å². The van der Waals surface area contributed by atoms with E-state index in [0.717, 1.165) is 10.0 Å². The molecule has 0 aliphatic carbocycles. The summed E-state index contributed by atoms with van der Waals surface area (Å²) in [5.41, 5.74) is 1.66. The van der Waals surface area contributed by atoms with E-state index >= 15 is 0 Å². The van der Waals surface area contributed by atoms with Crippen LogP contribution in [0.2, 0.25) is 0 Å². The topological polar surface area (TPSA) is 58.6 Å². The van der Waals surface area contributed by atoms with Crippen LogP contribution in [0, 0.1) is 0 Å². The summed E-state index contributed by atoms with van der Waals surface area (Å²) in [6, 6.07) is 17.1. The largest absolute Gasteiger partial charge is 0.293 e. The number of Topliss-reactive ketones (excluding diaryl/α,β-unsaturated/α-hetero) is 1. The first-order valence-electron chi connectivity index (χ1n) is 7.08. The van der Waals surface area contributed by atoms with E-state index in [4.69, 9.17) is 0 Å². The van der Waals surface area contributed by atoms with Crippen molar-refractivity contribution in [1.29, 1.82) is 0 Å². The van der Waals surface area contributed by atoms with Gasteiger partial charge in [-0.15, -0.1) is 5.10 Å². The van der Waals surface area contributed by atoms with Crippen molar-refractivity contribution in [3.05, 3.63) is 64.6 Å². The number of aromatic amines is 1. The molecule has 0 unspecified atom stereocenters. The van der Waals surface area contributed by atoms with Crippen molar-refractivity contribution in [3.63, 3.8) is 0 Å². The van der Waals surface area contributed by atoms with Crippen LogP contribution in [0.3, 0.4) is 0 Å². The zero-order valence-corrected chi connectivity index (χ0v) is 14.8. The highest BCUT2D eigenvalue weighted by molar-refractivity contribution is 9.10. The van der Waals surface area contributed by atoms with Crippen LogP contribution < -0.4 is 0 Å². The summed E-state index contributed by atoms with van der Waals surface area (Å²) in [6.07, 6.45) is 0. The van der Waals surface area contributed by atoms with Gasteiger partial charge in [0.2, 0.25) is 5.16 Å². The highest BCUT2D eigenvalue weighted by Crippen LogP contribution is 2.25. The maximum atomic E-state index is 12.4. The van der Waals surface area contributed by atoms with Crippen LogP contribution in [0.1, 0.15) is 17.3 Å². The lowest BCUT2D eigenvalue weighted by molar-refractivity contribution is 0.0994. The Morgan fingerprint density at radius 3 is 2.52 bits per heavy atom. The van der Waals surface area contributed by atoms with E-state index in [-0.39, 0.29) is 11.0 Å². The molecule has 0 aliphatic rings. The van der Waals surface area contributed by atoms with Crippen LogP contribution in [0.5, 0.6) is 0 Å². The van der Waals surface area contributed by atoms with Crippen LogP contribution in [-0.2, 0) is 0 Å². The monoisotopic (exact) mass is 387 g/mol. The molecule has 1 heterocycles. The average molecular weight is 388 g/mol. The first kappa shape index (κ1) is 16.0. The molecule has 0 spiro atoms. The summed E-state index contributed by atoms with van der Waals surface area (Å²) in [7, 11) is 0. The fourth-order valence-electron chi connectivity index (χ4n) is 2.08. The van der Waals surface area contributed by atoms with E-state index in [1.807, 2.05) is 61.5 Å². The van der Waals surface area contributed by atoms with Crippen LogP contribution in [0.25, 0.3) is 11.4 Å². The molecule has 0 saturated carbocycles. The standard InChI is InChI=1S/C17H14BrN3OS/c1-11(15(22)12-7-9-14(18)10-8-12)23-17-19-16(20-21-17)13-5-3-2-4-6-13/h2-11H,1H3,(H,19,20,21)/t11-/m0/s1. The number of carbonyl (C=O) groups is 1. The van der Waals surface area contributed by atoms with Gasteiger partial charge >= 0.3 is 0 Å². The predicted molar refractivity (Wildman–Crippen MR) is 95.6 cm³/mol. The predicted octanol–water partition coefficient (Wildman–Crippen LogP) is 4.60. The lowest BCUT2D eigenvalue weighted by atomic mass is 10.1. The fourth-order valence-corrected chi connectivity index (χ4v) is 3.15. The minimum atomic E-state index is -0.254. The number of benzene rings is 2. The second-order valence-electron chi connectivity index (χ2n) is 4.96. The third-order valence-electron chi connectivity index (χ3n) is 3.29. The Morgan fingerprint density at radius 2 is 1.83 bits per heavy atom. The molecule has 4 nitrogen and oxygen atoms in total. The SMILES string of the molecule is C[C@H](Sc1n[nH]c(-c2ccccc2)n1)C(=O)c1ccc(Br)cc1. The van der Waals surface area contributed by atoms with Gasteiger partial charge in [-0.1, -0.05) is 70.2 Å². The van der Waals surface area contributed by atoms with E-state index in [2.05, 4.69) is 31.1 Å². The molecule has 0 aliphatic heterocycles. The quantitative estimate of drug-likeness (QED) is 0.513. The van der Waals surface area contributed by atoms with Gasteiger partial charge in [-0.25, -0.2) is 4.98 Å². The summed E-state index contributed by atoms with van der Waals surface area (Å²) in [5, 5.41) is 7.42. The number of hydrogen-bond donors (Lipinski definition) is 1. The molecule has 1 N–H and O–H groups in total. The Balaban J connectivity index is 1.71. The first-order chi connectivity index (χ1) is 11.1. The third kappa shape index (κ3) is 3.89. The molecular formula is C17H14BrN3OS. The molecule has 3 aromatic rings. The second-order valence-corrected chi connectivity index (χ2v) is 7.19. The maximum absolute atomic E-state index is 12.4. The lowest BCUT2D eigenvalue weighted by Gasteiger charge is -2.07. The molecule has 116 valence electrons. The Kier molecular flexibility index (Phi) is 4.93. The Hall–Kier alpha value is -1.92. The van der Waals surface area contributed by atoms with E-state index in [9.17, 15) is 4.79 Å². The minimum Gasteiger partial charge on any atom is -0.293 e. The summed E-state index contributed by atoms with van der Waals surface area (Å²) >= 11 is 4.72. The van der Waals surface area contributed by atoms with E-state index < -0.39 is 0 Å². The zero-order chi connectivity index (χ0) is 16.2. The number of rotatable bonds is 5. The van der Waals surface area contributed by atoms with Gasteiger partial charge in [-0.2, -0.15) is 0 Å². The number of thioether (sulfide) groups is 1. The van der Waals surface area contributed by atoms with Crippen molar-refractivity contribution in [2.75, 3.05) is 0 Å². The molecule has 23 heavy (non-hydrogen) atoms. The number of nitrogens with one attached hydrogen (secondary N) is 1. The van der Waals surface area contributed by atoms with Gasteiger partial charge < -0.3 is 0 Å². The molecule has 0 radical (unpaired) electrons. The van der Waals surface area contributed by atoms with Gasteiger partial charge in [0.15, 0.2) is 11.6 Å². The third-order valence-corrected chi connectivity index (χ3v) is 4.78. The van der Waals surface area contributed by atoms with Crippen LogP contribution in [0.4, 0.5) is 0 Å². The highest BCUT2D eigenvalue weighted by Gasteiger charge is 2.19. The molecule has 0 saturated heterocycles. The van der Waals surface area contributed by atoms with Gasteiger partial charge in [0.25, 0.3) is 0 Å². The normalized spacial score (nSPS) is 12.1. The minimum absolute atomic E-state index is 0.0635. The second kappa shape index (κ2) is 7.10. The molecule has 0 amide bonds. The Morgan fingerprint density at radius 1 is 1.13 bits per heavy atom. The van der Waals surface area contributed by atoms with Crippen LogP contribution >= 0.6 is 27.7 Å².